The molecule has 0 aliphatic rings. The zero-order valence-corrected chi connectivity index (χ0v) is 15.8. The third-order valence-corrected chi connectivity index (χ3v) is 4.62. The Kier molecular flexibility index (Phi) is 6.59. The van der Waals surface area contributed by atoms with Crippen molar-refractivity contribution in [1.82, 2.24) is 4.57 Å². The fourth-order valence-corrected chi connectivity index (χ4v) is 3.11. The summed E-state index contributed by atoms with van der Waals surface area (Å²) in [5.41, 5.74) is 14.3. The lowest BCUT2D eigenvalue weighted by atomic mass is 10.1. The summed E-state index contributed by atoms with van der Waals surface area (Å²) < 4.78 is 2.21. The molecule has 25 heavy (non-hydrogen) atoms. The molecule has 0 aliphatic carbocycles. The van der Waals surface area contributed by atoms with Crippen molar-refractivity contribution in [2.45, 2.75) is 13.0 Å². The third kappa shape index (κ3) is 4.60. The lowest BCUT2D eigenvalue weighted by Gasteiger charge is -2.07. The molecule has 3 aromatic rings. The molecule has 0 bridgehead atoms. The quantitative estimate of drug-likeness (QED) is 0.499. The molecule has 0 unspecified atom stereocenters. The van der Waals surface area contributed by atoms with E-state index in [1.54, 1.807) is 0 Å². The summed E-state index contributed by atoms with van der Waals surface area (Å²) in [7, 11) is 0. The standard InChI is InChI=1S/C18H18Cl2N4.ClH/c19-15-6-5-12(9-16(15)20)10-24-11-13(7-8-23-18(21)22)14-3-1-2-4-17(14)24;/h1-6,9,11H,7-8,10H2,(H4,21,22,23);1H. The van der Waals surface area contributed by atoms with E-state index in [1.807, 2.05) is 30.3 Å². The highest BCUT2D eigenvalue weighted by Gasteiger charge is 2.09. The molecule has 4 N–H and O–H groups in total. The van der Waals surface area contributed by atoms with Gasteiger partial charge in [-0.05, 0) is 35.7 Å². The minimum Gasteiger partial charge on any atom is -0.370 e. The number of hydrogen-bond acceptors (Lipinski definition) is 1. The number of benzene rings is 2. The van der Waals surface area contributed by atoms with Gasteiger partial charge in [-0.3, -0.25) is 4.99 Å². The Morgan fingerprint density at radius 3 is 2.52 bits per heavy atom. The number of hydrogen-bond donors (Lipinski definition) is 2. The molecule has 1 aromatic heterocycles. The lowest BCUT2D eigenvalue weighted by Crippen LogP contribution is -2.23. The van der Waals surface area contributed by atoms with E-state index in [2.05, 4.69) is 27.9 Å². The van der Waals surface area contributed by atoms with Crippen LogP contribution in [0.2, 0.25) is 10.0 Å². The smallest absolute Gasteiger partial charge is 0.185 e. The first-order valence-corrected chi connectivity index (χ1v) is 8.36. The Labute approximate surface area is 162 Å². The van der Waals surface area contributed by atoms with Crippen LogP contribution in [-0.2, 0) is 13.0 Å². The van der Waals surface area contributed by atoms with Crippen LogP contribution >= 0.6 is 35.6 Å². The van der Waals surface area contributed by atoms with Crippen molar-refractivity contribution in [2.75, 3.05) is 6.54 Å². The van der Waals surface area contributed by atoms with E-state index in [4.69, 9.17) is 34.7 Å². The zero-order chi connectivity index (χ0) is 17.1. The summed E-state index contributed by atoms with van der Waals surface area (Å²) in [6, 6.07) is 14.0. The molecular weight excluding hydrogens is 379 g/mol. The number of guanidine groups is 1. The van der Waals surface area contributed by atoms with Gasteiger partial charge in [0.1, 0.15) is 0 Å². The molecule has 0 spiro atoms. The van der Waals surface area contributed by atoms with Crippen LogP contribution in [0.15, 0.2) is 53.7 Å². The molecule has 0 saturated heterocycles. The fourth-order valence-electron chi connectivity index (χ4n) is 2.79. The monoisotopic (exact) mass is 396 g/mol. The Morgan fingerprint density at radius 2 is 1.80 bits per heavy atom. The molecule has 2 aromatic carbocycles. The molecule has 132 valence electrons. The number of aliphatic imine (C=N–C) groups is 1. The lowest BCUT2D eigenvalue weighted by molar-refractivity contribution is 0.827. The van der Waals surface area contributed by atoms with E-state index >= 15 is 0 Å². The van der Waals surface area contributed by atoms with Gasteiger partial charge in [0.25, 0.3) is 0 Å². The molecule has 4 nitrogen and oxygen atoms in total. The summed E-state index contributed by atoms with van der Waals surface area (Å²) in [4.78, 5) is 4.07. The highest BCUT2D eigenvalue weighted by atomic mass is 35.5. The summed E-state index contributed by atoms with van der Waals surface area (Å²) in [5, 5.41) is 2.35. The SMILES string of the molecule is Cl.NC(N)=NCCc1cn(Cc2ccc(Cl)c(Cl)c2)c2ccccc12. The highest BCUT2D eigenvalue weighted by molar-refractivity contribution is 6.42. The number of nitrogens with zero attached hydrogens (tertiary/aromatic N) is 2. The fraction of sp³-hybridized carbons (Fsp3) is 0.167. The van der Waals surface area contributed by atoms with Gasteiger partial charge in [0, 0.05) is 30.2 Å². The van der Waals surface area contributed by atoms with Crippen molar-refractivity contribution in [3.8, 4) is 0 Å². The molecule has 7 heteroatoms. The minimum absolute atomic E-state index is 0. The van der Waals surface area contributed by atoms with E-state index in [-0.39, 0.29) is 18.4 Å². The maximum absolute atomic E-state index is 6.12. The van der Waals surface area contributed by atoms with E-state index < -0.39 is 0 Å². The highest BCUT2D eigenvalue weighted by Crippen LogP contribution is 2.26. The number of aromatic nitrogens is 1. The molecule has 0 saturated carbocycles. The predicted octanol–water partition coefficient (Wildman–Crippen LogP) is 4.23. The molecule has 0 fully saturated rings. The van der Waals surface area contributed by atoms with Crippen molar-refractivity contribution < 1.29 is 0 Å². The van der Waals surface area contributed by atoms with E-state index in [0.29, 0.717) is 16.6 Å². The van der Waals surface area contributed by atoms with Crippen LogP contribution < -0.4 is 11.5 Å². The molecule has 0 atom stereocenters. The van der Waals surface area contributed by atoms with Gasteiger partial charge in [0.05, 0.1) is 10.0 Å². The van der Waals surface area contributed by atoms with E-state index in [9.17, 15) is 0 Å². The van der Waals surface area contributed by atoms with Gasteiger partial charge >= 0.3 is 0 Å². The largest absolute Gasteiger partial charge is 0.370 e. The zero-order valence-electron chi connectivity index (χ0n) is 13.5. The van der Waals surface area contributed by atoms with Gasteiger partial charge in [0.15, 0.2) is 5.96 Å². The maximum atomic E-state index is 6.12. The van der Waals surface area contributed by atoms with Crippen LogP contribution in [-0.4, -0.2) is 17.1 Å². The summed E-state index contributed by atoms with van der Waals surface area (Å²) >= 11 is 12.1. The average molecular weight is 398 g/mol. The molecule has 1 heterocycles. The Bertz CT molecular complexity index is 898. The summed E-state index contributed by atoms with van der Waals surface area (Å²) in [5.74, 6) is 0.120. The number of halogens is 3. The van der Waals surface area contributed by atoms with Gasteiger partial charge in [-0.15, -0.1) is 12.4 Å². The molecule has 0 aliphatic heterocycles. The van der Waals surface area contributed by atoms with Crippen molar-refractivity contribution >= 4 is 52.5 Å². The second-order valence-electron chi connectivity index (χ2n) is 5.60. The molecule has 0 amide bonds. The second-order valence-corrected chi connectivity index (χ2v) is 6.42. The Morgan fingerprint density at radius 1 is 1.04 bits per heavy atom. The van der Waals surface area contributed by atoms with Gasteiger partial charge in [-0.2, -0.15) is 0 Å². The number of rotatable bonds is 5. The third-order valence-electron chi connectivity index (χ3n) is 3.88. The first kappa shape index (κ1) is 19.4. The molecule has 0 radical (unpaired) electrons. The second kappa shape index (κ2) is 8.48. The van der Waals surface area contributed by atoms with Gasteiger partial charge in [-0.1, -0.05) is 47.5 Å². The van der Waals surface area contributed by atoms with E-state index in [0.717, 1.165) is 18.5 Å². The van der Waals surface area contributed by atoms with Crippen LogP contribution in [0.3, 0.4) is 0 Å². The predicted molar refractivity (Wildman–Crippen MR) is 109 cm³/mol. The van der Waals surface area contributed by atoms with Crippen LogP contribution in [0.5, 0.6) is 0 Å². The van der Waals surface area contributed by atoms with Crippen LogP contribution in [0.4, 0.5) is 0 Å². The van der Waals surface area contributed by atoms with Gasteiger partial charge < -0.3 is 16.0 Å². The van der Waals surface area contributed by atoms with Crippen molar-refractivity contribution in [3.63, 3.8) is 0 Å². The van der Waals surface area contributed by atoms with Crippen LogP contribution in [0.25, 0.3) is 10.9 Å². The Hall–Kier alpha value is -1.88. The van der Waals surface area contributed by atoms with Crippen molar-refractivity contribution in [1.29, 1.82) is 0 Å². The summed E-state index contributed by atoms with van der Waals surface area (Å²) in [6.45, 7) is 1.29. The van der Waals surface area contributed by atoms with E-state index in [1.165, 1.54) is 16.5 Å². The number of nitrogens with two attached hydrogens (primary N) is 2. The van der Waals surface area contributed by atoms with Gasteiger partial charge in [0.2, 0.25) is 0 Å². The van der Waals surface area contributed by atoms with Crippen LogP contribution in [0.1, 0.15) is 11.1 Å². The van der Waals surface area contributed by atoms with Crippen molar-refractivity contribution in [3.05, 3.63) is 69.8 Å². The maximum Gasteiger partial charge on any atom is 0.185 e. The number of para-hydroxylation sites is 1. The number of fused-ring (bicyclic) bond motifs is 1. The molecular formula is C18H19Cl3N4. The van der Waals surface area contributed by atoms with Gasteiger partial charge in [-0.25, -0.2) is 0 Å². The topological polar surface area (TPSA) is 69.3 Å². The normalized spacial score (nSPS) is 10.5. The first-order chi connectivity index (χ1) is 11.5. The first-order valence-electron chi connectivity index (χ1n) is 7.60. The Balaban J connectivity index is 0.00000225. The average Bonchev–Trinajstić information content (AvgIpc) is 2.89. The molecule has 3 rings (SSSR count). The van der Waals surface area contributed by atoms with Crippen molar-refractivity contribution in [2.24, 2.45) is 16.5 Å². The summed E-state index contributed by atoms with van der Waals surface area (Å²) in [6.07, 6.45) is 2.93. The van der Waals surface area contributed by atoms with Crippen LogP contribution in [0, 0.1) is 0 Å². The minimum atomic E-state index is 0.